The lowest BCUT2D eigenvalue weighted by Gasteiger charge is -2.27. The maximum Gasteiger partial charge on any atom is 0.199 e. The summed E-state index contributed by atoms with van der Waals surface area (Å²) in [4.78, 5) is 0. The van der Waals surface area contributed by atoms with Crippen LogP contribution in [0.5, 0.6) is 0 Å². The molecule has 0 aromatic carbocycles. The van der Waals surface area contributed by atoms with Crippen molar-refractivity contribution < 1.29 is 0 Å². The molecule has 2 atom stereocenters. The number of hydrogen-bond donors (Lipinski definition) is 1. The Morgan fingerprint density at radius 3 is 2.74 bits per heavy atom. The summed E-state index contributed by atoms with van der Waals surface area (Å²) in [5, 5.41) is 19.5. The molecule has 0 spiro atoms. The van der Waals surface area contributed by atoms with E-state index >= 15 is 0 Å². The molecule has 0 fully saturated rings. The van der Waals surface area contributed by atoms with Crippen molar-refractivity contribution in [3.63, 3.8) is 0 Å². The summed E-state index contributed by atoms with van der Waals surface area (Å²) < 4.78 is 1.50. The molecule has 0 radical (unpaired) electrons. The molecule has 0 aliphatic carbocycles. The molecule has 2 aromatic rings. The fourth-order valence-electron chi connectivity index (χ4n) is 2.52. The Morgan fingerprint density at radius 2 is 2.05 bits per heavy atom. The molecule has 2 unspecified atom stereocenters. The van der Waals surface area contributed by atoms with Gasteiger partial charge in [-0.2, -0.15) is 5.10 Å². The second-order valence-electron chi connectivity index (χ2n) is 5.30. The van der Waals surface area contributed by atoms with Crippen LogP contribution in [0.4, 0.5) is 0 Å². The normalized spacial score (nSPS) is 15.0. The third-order valence-corrected chi connectivity index (χ3v) is 3.40. The minimum Gasteiger partial charge on any atom is -0.314 e. The Bertz CT molecular complexity index is 521. The highest BCUT2D eigenvalue weighted by Crippen LogP contribution is 2.26. The third-order valence-electron chi connectivity index (χ3n) is 3.40. The zero-order valence-corrected chi connectivity index (χ0v) is 12.0. The number of aromatic nitrogens is 5. The van der Waals surface area contributed by atoms with Gasteiger partial charge in [-0.15, -0.1) is 9.73 Å². The highest BCUT2D eigenvalue weighted by atomic mass is 15.6. The molecule has 6 nitrogen and oxygen atoms in total. The first-order chi connectivity index (χ1) is 9.13. The van der Waals surface area contributed by atoms with E-state index in [9.17, 15) is 0 Å². The molecule has 0 aliphatic heterocycles. The van der Waals surface area contributed by atoms with Crippen molar-refractivity contribution in [3.05, 3.63) is 17.8 Å². The van der Waals surface area contributed by atoms with Crippen LogP contribution in [0.3, 0.4) is 0 Å². The molecule has 1 N–H and O–H groups in total. The van der Waals surface area contributed by atoms with Gasteiger partial charge in [0.2, 0.25) is 0 Å². The fraction of sp³-hybridized carbons (Fsp3) is 0.692. The van der Waals surface area contributed by atoms with Gasteiger partial charge in [-0.05, 0) is 48.4 Å². The summed E-state index contributed by atoms with van der Waals surface area (Å²) in [6.45, 7) is 9.86. The number of nitrogens with zero attached hydrogens (tertiary/aromatic N) is 5. The summed E-state index contributed by atoms with van der Waals surface area (Å²) in [6, 6.07) is 4.33. The van der Waals surface area contributed by atoms with E-state index in [0.29, 0.717) is 23.5 Å². The van der Waals surface area contributed by atoms with Crippen LogP contribution < -0.4 is 5.32 Å². The standard InChI is InChI=1S/C13H22N6/c1-5-8-14-10(4)13(9(2)3)11-6-7-12-15-17-18-19(12)16-11/h6-7,9-10,13-14H,5,8H2,1-4H3. The molecule has 0 saturated carbocycles. The lowest BCUT2D eigenvalue weighted by Crippen LogP contribution is -2.35. The van der Waals surface area contributed by atoms with Crippen molar-refractivity contribution in [3.8, 4) is 0 Å². The quantitative estimate of drug-likeness (QED) is 0.857. The van der Waals surface area contributed by atoms with Crippen LogP contribution in [0.15, 0.2) is 12.1 Å². The Hall–Kier alpha value is -1.56. The van der Waals surface area contributed by atoms with Crippen molar-refractivity contribution in [1.29, 1.82) is 0 Å². The second kappa shape index (κ2) is 6.06. The van der Waals surface area contributed by atoms with E-state index in [1.54, 1.807) is 0 Å². The lowest BCUT2D eigenvalue weighted by atomic mass is 9.86. The summed E-state index contributed by atoms with van der Waals surface area (Å²) >= 11 is 0. The minimum absolute atomic E-state index is 0.347. The van der Waals surface area contributed by atoms with Crippen LogP contribution >= 0.6 is 0 Å². The van der Waals surface area contributed by atoms with Gasteiger partial charge in [0.15, 0.2) is 5.65 Å². The van der Waals surface area contributed by atoms with E-state index in [1.807, 2.05) is 12.1 Å². The van der Waals surface area contributed by atoms with Crippen molar-refractivity contribution in [2.24, 2.45) is 5.92 Å². The lowest BCUT2D eigenvalue weighted by molar-refractivity contribution is 0.367. The second-order valence-corrected chi connectivity index (χ2v) is 5.30. The first-order valence-corrected chi connectivity index (χ1v) is 6.92. The van der Waals surface area contributed by atoms with Crippen molar-refractivity contribution in [1.82, 2.24) is 30.6 Å². The molecule has 2 rings (SSSR count). The summed E-state index contributed by atoms with van der Waals surface area (Å²) in [5.41, 5.74) is 1.71. The van der Waals surface area contributed by atoms with Gasteiger partial charge in [0, 0.05) is 12.0 Å². The van der Waals surface area contributed by atoms with E-state index in [4.69, 9.17) is 0 Å². The molecule has 2 heterocycles. The maximum absolute atomic E-state index is 4.53. The Kier molecular flexibility index (Phi) is 4.42. The van der Waals surface area contributed by atoms with Crippen molar-refractivity contribution >= 4 is 5.65 Å². The number of nitrogens with one attached hydrogen (secondary N) is 1. The molecule has 0 aliphatic rings. The van der Waals surface area contributed by atoms with Crippen molar-refractivity contribution in [2.45, 2.75) is 46.1 Å². The highest BCUT2D eigenvalue weighted by Gasteiger charge is 2.24. The highest BCUT2D eigenvalue weighted by molar-refractivity contribution is 5.33. The summed E-state index contributed by atoms with van der Waals surface area (Å²) in [5.74, 6) is 0.848. The Labute approximate surface area is 113 Å². The van der Waals surface area contributed by atoms with Gasteiger partial charge < -0.3 is 5.32 Å². The average molecular weight is 262 g/mol. The average Bonchev–Trinajstić information content (AvgIpc) is 2.83. The largest absolute Gasteiger partial charge is 0.314 e. The molecule has 2 aromatic heterocycles. The smallest absolute Gasteiger partial charge is 0.199 e. The maximum atomic E-state index is 4.53. The number of fused-ring (bicyclic) bond motifs is 1. The van der Waals surface area contributed by atoms with Gasteiger partial charge in [0.1, 0.15) is 0 Å². The molecule has 0 saturated heterocycles. The van der Waals surface area contributed by atoms with Crippen LogP contribution in [0, 0.1) is 5.92 Å². The van der Waals surface area contributed by atoms with Crippen LogP contribution in [0.2, 0.25) is 0 Å². The third kappa shape index (κ3) is 3.07. The van der Waals surface area contributed by atoms with E-state index in [2.05, 4.69) is 53.6 Å². The van der Waals surface area contributed by atoms with Crippen molar-refractivity contribution in [2.75, 3.05) is 6.54 Å². The van der Waals surface area contributed by atoms with Crippen LogP contribution in [0.1, 0.15) is 45.7 Å². The summed E-state index contributed by atoms with van der Waals surface area (Å²) in [7, 11) is 0. The van der Waals surface area contributed by atoms with Crippen LogP contribution in [-0.4, -0.2) is 37.8 Å². The molecule has 0 bridgehead atoms. The fourth-order valence-corrected chi connectivity index (χ4v) is 2.52. The molecular weight excluding hydrogens is 240 g/mol. The SMILES string of the molecule is CCCNC(C)C(c1ccc2nnnn2n1)C(C)C. The van der Waals surface area contributed by atoms with E-state index in [0.717, 1.165) is 18.7 Å². The molecule has 6 heteroatoms. The first kappa shape index (κ1) is 13.9. The monoisotopic (exact) mass is 262 g/mol. The zero-order valence-electron chi connectivity index (χ0n) is 12.0. The minimum atomic E-state index is 0.347. The topological polar surface area (TPSA) is 68.0 Å². The van der Waals surface area contributed by atoms with Gasteiger partial charge >= 0.3 is 0 Å². The Balaban J connectivity index is 2.26. The molecule has 0 amide bonds. The van der Waals surface area contributed by atoms with Gasteiger partial charge in [-0.25, -0.2) is 0 Å². The molecule has 19 heavy (non-hydrogen) atoms. The van der Waals surface area contributed by atoms with Gasteiger partial charge in [-0.1, -0.05) is 20.8 Å². The molecular formula is C13H22N6. The van der Waals surface area contributed by atoms with Gasteiger partial charge in [-0.3, -0.25) is 0 Å². The van der Waals surface area contributed by atoms with Gasteiger partial charge in [0.05, 0.1) is 5.69 Å². The van der Waals surface area contributed by atoms with Crippen LogP contribution in [0.25, 0.3) is 5.65 Å². The first-order valence-electron chi connectivity index (χ1n) is 6.92. The number of hydrogen-bond acceptors (Lipinski definition) is 5. The summed E-state index contributed by atoms with van der Waals surface area (Å²) in [6.07, 6.45) is 1.13. The van der Waals surface area contributed by atoms with E-state index in [-0.39, 0.29) is 0 Å². The predicted octanol–water partition coefficient (Wildman–Crippen LogP) is 1.65. The zero-order chi connectivity index (χ0) is 13.8. The molecule has 104 valence electrons. The predicted molar refractivity (Wildman–Crippen MR) is 73.9 cm³/mol. The van der Waals surface area contributed by atoms with E-state index < -0.39 is 0 Å². The number of rotatable bonds is 6. The Morgan fingerprint density at radius 1 is 1.26 bits per heavy atom. The van der Waals surface area contributed by atoms with Crippen LogP contribution in [-0.2, 0) is 0 Å². The number of tetrazole rings is 1. The van der Waals surface area contributed by atoms with E-state index in [1.165, 1.54) is 4.63 Å². The van der Waals surface area contributed by atoms with Gasteiger partial charge in [0.25, 0.3) is 0 Å².